The van der Waals surface area contributed by atoms with Crippen molar-refractivity contribution in [1.82, 2.24) is 4.90 Å². The summed E-state index contributed by atoms with van der Waals surface area (Å²) in [5, 5.41) is 9.80. The Morgan fingerprint density at radius 3 is 2.30 bits per heavy atom. The van der Waals surface area contributed by atoms with Gasteiger partial charge in [0.15, 0.2) is 0 Å². The summed E-state index contributed by atoms with van der Waals surface area (Å²) < 4.78 is 0. The minimum absolute atomic E-state index is 0.182. The third-order valence-electron chi connectivity index (χ3n) is 4.01. The fourth-order valence-electron chi connectivity index (χ4n) is 2.62. The van der Waals surface area contributed by atoms with Gasteiger partial charge >= 0.3 is 0 Å². The fourth-order valence-corrected chi connectivity index (χ4v) is 2.62. The van der Waals surface area contributed by atoms with Gasteiger partial charge in [0, 0.05) is 31.9 Å². The van der Waals surface area contributed by atoms with Crippen molar-refractivity contribution in [3.05, 3.63) is 29.3 Å². The number of aliphatic hydroxyl groups is 1. The minimum atomic E-state index is -1.28. The van der Waals surface area contributed by atoms with Crippen LogP contribution in [0.3, 0.4) is 0 Å². The molecule has 4 nitrogen and oxygen atoms in total. The van der Waals surface area contributed by atoms with Gasteiger partial charge in [-0.05, 0) is 44.9 Å². The Morgan fingerprint density at radius 1 is 1.15 bits per heavy atom. The van der Waals surface area contributed by atoms with Crippen molar-refractivity contribution < 1.29 is 9.90 Å². The standard InChI is InChI=1S/C16H24N2O2/c1-12-6-5-7-14(13(12)2)17-8-10-18(11-9-17)15(19)16(3,4)20/h5-7,20H,8-11H2,1-4H3. The molecule has 0 saturated carbocycles. The number of carbonyl (C=O) groups is 1. The maximum atomic E-state index is 12.0. The second kappa shape index (κ2) is 5.44. The lowest BCUT2D eigenvalue weighted by atomic mass is 10.1. The molecule has 1 amide bonds. The Hall–Kier alpha value is -1.55. The van der Waals surface area contributed by atoms with E-state index >= 15 is 0 Å². The molecule has 1 aromatic rings. The van der Waals surface area contributed by atoms with Crippen LogP contribution < -0.4 is 4.90 Å². The van der Waals surface area contributed by atoms with Gasteiger partial charge in [-0.15, -0.1) is 0 Å². The van der Waals surface area contributed by atoms with Crippen molar-refractivity contribution in [2.24, 2.45) is 0 Å². The van der Waals surface area contributed by atoms with Crippen LogP contribution in [0.2, 0.25) is 0 Å². The van der Waals surface area contributed by atoms with Crippen LogP contribution in [0.15, 0.2) is 18.2 Å². The summed E-state index contributed by atoms with van der Waals surface area (Å²) in [7, 11) is 0. The van der Waals surface area contributed by atoms with Gasteiger partial charge < -0.3 is 14.9 Å². The number of aryl methyl sites for hydroxylation is 1. The molecule has 4 heteroatoms. The Labute approximate surface area is 121 Å². The zero-order chi connectivity index (χ0) is 14.9. The number of amides is 1. The Morgan fingerprint density at radius 2 is 1.75 bits per heavy atom. The lowest BCUT2D eigenvalue weighted by molar-refractivity contribution is -0.148. The van der Waals surface area contributed by atoms with Gasteiger partial charge in [-0.1, -0.05) is 12.1 Å². The molecule has 1 heterocycles. The van der Waals surface area contributed by atoms with Crippen LogP contribution in [0.1, 0.15) is 25.0 Å². The molecule has 0 aliphatic carbocycles. The molecule has 0 atom stereocenters. The number of piperazine rings is 1. The number of nitrogens with zero attached hydrogens (tertiary/aromatic N) is 2. The summed E-state index contributed by atoms with van der Waals surface area (Å²) in [4.78, 5) is 16.1. The molecular weight excluding hydrogens is 252 g/mol. The summed E-state index contributed by atoms with van der Waals surface area (Å²) in [6.45, 7) is 10.3. The van der Waals surface area contributed by atoms with Crippen LogP contribution in [0.4, 0.5) is 5.69 Å². The first-order chi connectivity index (χ1) is 9.30. The molecule has 1 aliphatic rings. The van der Waals surface area contributed by atoms with Gasteiger partial charge in [-0.25, -0.2) is 0 Å². The third-order valence-corrected chi connectivity index (χ3v) is 4.01. The van der Waals surface area contributed by atoms with E-state index < -0.39 is 5.60 Å². The van der Waals surface area contributed by atoms with Gasteiger partial charge in [0.2, 0.25) is 0 Å². The van der Waals surface area contributed by atoms with E-state index in [1.807, 2.05) is 0 Å². The van der Waals surface area contributed by atoms with Gasteiger partial charge in [0.25, 0.3) is 5.91 Å². The molecule has 110 valence electrons. The smallest absolute Gasteiger partial charge is 0.254 e. The number of anilines is 1. The zero-order valence-electron chi connectivity index (χ0n) is 12.8. The highest BCUT2D eigenvalue weighted by Crippen LogP contribution is 2.24. The van der Waals surface area contributed by atoms with E-state index in [-0.39, 0.29) is 5.91 Å². The lowest BCUT2D eigenvalue weighted by Crippen LogP contribution is -2.54. The molecule has 1 N–H and O–H groups in total. The summed E-state index contributed by atoms with van der Waals surface area (Å²) in [6.07, 6.45) is 0. The molecule has 1 aromatic carbocycles. The average molecular weight is 276 g/mol. The molecule has 2 rings (SSSR count). The summed E-state index contributed by atoms with van der Waals surface area (Å²) in [5.41, 5.74) is 2.56. The van der Waals surface area contributed by atoms with Crippen molar-refractivity contribution >= 4 is 11.6 Å². The molecule has 0 radical (unpaired) electrons. The Balaban J connectivity index is 2.05. The number of carbonyl (C=O) groups excluding carboxylic acids is 1. The summed E-state index contributed by atoms with van der Waals surface area (Å²) >= 11 is 0. The number of hydrogen-bond donors (Lipinski definition) is 1. The first kappa shape index (κ1) is 14.9. The van der Waals surface area contributed by atoms with Crippen LogP contribution in [0.5, 0.6) is 0 Å². The van der Waals surface area contributed by atoms with Crippen molar-refractivity contribution in [1.29, 1.82) is 0 Å². The number of hydrogen-bond acceptors (Lipinski definition) is 3. The number of benzene rings is 1. The van der Waals surface area contributed by atoms with Crippen molar-refractivity contribution in [2.45, 2.75) is 33.3 Å². The first-order valence-electron chi connectivity index (χ1n) is 7.13. The van der Waals surface area contributed by atoms with Crippen LogP contribution in [-0.2, 0) is 4.79 Å². The van der Waals surface area contributed by atoms with Gasteiger partial charge in [-0.3, -0.25) is 4.79 Å². The number of rotatable bonds is 2. The van der Waals surface area contributed by atoms with Crippen molar-refractivity contribution in [3.63, 3.8) is 0 Å². The van der Waals surface area contributed by atoms with E-state index in [9.17, 15) is 9.90 Å². The second-order valence-electron chi connectivity index (χ2n) is 6.06. The SMILES string of the molecule is Cc1cccc(N2CCN(C(=O)C(C)(C)O)CC2)c1C. The predicted octanol–water partition coefficient (Wildman–Crippen LogP) is 1.72. The summed E-state index contributed by atoms with van der Waals surface area (Å²) in [5.74, 6) is -0.182. The van der Waals surface area contributed by atoms with E-state index in [0.717, 1.165) is 13.1 Å². The molecule has 0 bridgehead atoms. The maximum absolute atomic E-state index is 12.0. The average Bonchev–Trinajstić information content (AvgIpc) is 2.40. The molecule has 0 spiro atoms. The zero-order valence-corrected chi connectivity index (χ0v) is 12.8. The Kier molecular flexibility index (Phi) is 4.04. The topological polar surface area (TPSA) is 43.8 Å². The third kappa shape index (κ3) is 2.96. The maximum Gasteiger partial charge on any atom is 0.254 e. The first-order valence-corrected chi connectivity index (χ1v) is 7.13. The van der Waals surface area contributed by atoms with Crippen LogP contribution >= 0.6 is 0 Å². The highest BCUT2D eigenvalue weighted by Gasteiger charge is 2.31. The van der Waals surface area contributed by atoms with E-state index in [2.05, 4.69) is 36.9 Å². The highest BCUT2D eigenvalue weighted by atomic mass is 16.3. The van der Waals surface area contributed by atoms with E-state index in [4.69, 9.17) is 0 Å². The Bertz CT molecular complexity index is 498. The molecule has 0 unspecified atom stereocenters. The predicted molar refractivity (Wildman–Crippen MR) is 81.0 cm³/mol. The monoisotopic (exact) mass is 276 g/mol. The van der Waals surface area contributed by atoms with Crippen LogP contribution in [0, 0.1) is 13.8 Å². The summed E-state index contributed by atoms with van der Waals surface area (Å²) in [6, 6.07) is 6.33. The van der Waals surface area contributed by atoms with Crippen LogP contribution in [0.25, 0.3) is 0 Å². The van der Waals surface area contributed by atoms with Gasteiger partial charge in [-0.2, -0.15) is 0 Å². The minimum Gasteiger partial charge on any atom is -0.381 e. The molecule has 1 saturated heterocycles. The molecule has 1 fully saturated rings. The molecular formula is C16H24N2O2. The largest absolute Gasteiger partial charge is 0.381 e. The quantitative estimate of drug-likeness (QED) is 0.894. The van der Waals surface area contributed by atoms with E-state index in [1.54, 1.807) is 18.7 Å². The van der Waals surface area contributed by atoms with Crippen LogP contribution in [-0.4, -0.2) is 47.7 Å². The fraction of sp³-hybridized carbons (Fsp3) is 0.562. The normalized spacial score (nSPS) is 16.4. The lowest BCUT2D eigenvalue weighted by Gasteiger charge is -2.38. The van der Waals surface area contributed by atoms with E-state index in [1.165, 1.54) is 16.8 Å². The van der Waals surface area contributed by atoms with Gasteiger partial charge in [0.1, 0.15) is 5.60 Å². The van der Waals surface area contributed by atoms with E-state index in [0.29, 0.717) is 13.1 Å². The van der Waals surface area contributed by atoms with Gasteiger partial charge in [0.05, 0.1) is 0 Å². The van der Waals surface area contributed by atoms with Crippen molar-refractivity contribution in [2.75, 3.05) is 31.1 Å². The second-order valence-corrected chi connectivity index (χ2v) is 6.06. The molecule has 0 aromatic heterocycles. The molecule has 1 aliphatic heterocycles. The molecule has 20 heavy (non-hydrogen) atoms. The highest BCUT2D eigenvalue weighted by molar-refractivity contribution is 5.84. The van der Waals surface area contributed by atoms with Crippen molar-refractivity contribution in [3.8, 4) is 0 Å².